The van der Waals surface area contributed by atoms with Crippen LogP contribution in [0.25, 0.3) is 0 Å². The Balaban J connectivity index is 4.19. The highest BCUT2D eigenvalue weighted by Gasteiger charge is 2.33. The van der Waals surface area contributed by atoms with Crippen molar-refractivity contribution in [1.29, 1.82) is 0 Å². The predicted molar refractivity (Wildman–Crippen MR) is 60.2 cm³/mol. The van der Waals surface area contributed by atoms with Crippen LogP contribution in [0.4, 0.5) is 0 Å². The lowest BCUT2D eigenvalue weighted by atomic mass is 9.96. The lowest BCUT2D eigenvalue weighted by molar-refractivity contribution is -0.147. The first-order chi connectivity index (χ1) is 7.46. The van der Waals surface area contributed by atoms with Gasteiger partial charge in [0.25, 0.3) is 0 Å². The molecule has 0 saturated heterocycles. The first-order valence-electron chi connectivity index (χ1n) is 5.58. The van der Waals surface area contributed by atoms with Gasteiger partial charge < -0.3 is 15.2 Å². The van der Waals surface area contributed by atoms with Gasteiger partial charge in [-0.3, -0.25) is 4.79 Å². The maximum absolute atomic E-state index is 11.5. The average Bonchev–Trinajstić information content (AvgIpc) is 2.18. The van der Waals surface area contributed by atoms with E-state index in [1.54, 1.807) is 0 Å². The number of rotatable bonds is 8. The molecule has 0 aliphatic heterocycles. The summed E-state index contributed by atoms with van der Waals surface area (Å²) in [5.74, 6) is -1.29. The molecule has 0 rings (SSSR count). The molecule has 94 valence electrons. The summed E-state index contributed by atoms with van der Waals surface area (Å²) in [6.07, 6.45) is 1.32. The van der Waals surface area contributed by atoms with Crippen molar-refractivity contribution in [1.82, 2.24) is 5.32 Å². The summed E-state index contributed by atoms with van der Waals surface area (Å²) >= 11 is 0. The molecule has 0 saturated carbocycles. The molecule has 0 aliphatic carbocycles. The minimum atomic E-state index is -1.17. The number of nitrogens with one attached hydrogen (secondary N) is 1. The molecule has 0 fully saturated rings. The van der Waals surface area contributed by atoms with Crippen LogP contribution in [0.2, 0.25) is 0 Å². The number of carbonyl (C=O) groups is 2. The van der Waals surface area contributed by atoms with E-state index in [-0.39, 0.29) is 12.3 Å². The molecule has 1 amide bonds. The van der Waals surface area contributed by atoms with E-state index in [2.05, 4.69) is 5.32 Å². The fourth-order valence-electron chi connectivity index (χ4n) is 1.40. The zero-order valence-electron chi connectivity index (χ0n) is 10.2. The van der Waals surface area contributed by atoms with Crippen LogP contribution < -0.4 is 5.32 Å². The molecule has 0 heterocycles. The highest BCUT2D eigenvalue weighted by atomic mass is 16.5. The fourth-order valence-corrected chi connectivity index (χ4v) is 1.40. The van der Waals surface area contributed by atoms with Gasteiger partial charge in [0.2, 0.25) is 5.91 Å². The van der Waals surface area contributed by atoms with Crippen molar-refractivity contribution >= 4 is 11.9 Å². The highest BCUT2D eigenvalue weighted by molar-refractivity contribution is 5.86. The summed E-state index contributed by atoms with van der Waals surface area (Å²) in [6.45, 7) is 6.13. The van der Waals surface area contributed by atoms with Crippen molar-refractivity contribution in [3.63, 3.8) is 0 Å². The van der Waals surface area contributed by atoms with Gasteiger partial charge in [-0.2, -0.15) is 0 Å². The molecule has 0 radical (unpaired) electrons. The molecule has 0 aliphatic rings. The van der Waals surface area contributed by atoms with Gasteiger partial charge >= 0.3 is 5.97 Å². The van der Waals surface area contributed by atoms with E-state index in [4.69, 9.17) is 9.84 Å². The van der Waals surface area contributed by atoms with Gasteiger partial charge in [0, 0.05) is 13.0 Å². The number of carboxylic acid groups (broad SMARTS) is 1. The van der Waals surface area contributed by atoms with E-state index in [1.807, 2.05) is 13.8 Å². The van der Waals surface area contributed by atoms with Gasteiger partial charge in [-0.05, 0) is 20.3 Å². The van der Waals surface area contributed by atoms with E-state index >= 15 is 0 Å². The van der Waals surface area contributed by atoms with Crippen molar-refractivity contribution < 1.29 is 19.4 Å². The zero-order chi connectivity index (χ0) is 12.6. The second kappa shape index (κ2) is 7.22. The van der Waals surface area contributed by atoms with E-state index in [0.717, 1.165) is 0 Å². The number of carbonyl (C=O) groups excluding carboxylic acids is 1. The second-order valence-electron chi connectivity index (χ2n) is 3.88. The number of ether oxygens (including phenoxy) is 1. The average molecular weight is 231 g/mol. The van der Waals surface area contributed by atoms with Crippen LogP contribution in [0.1, 0.15) is 40.0 Å². The Labute approximate surface area is 96.2 Å². The smallest absolute Gasteiger partial charge is 0.329 e. The van der Waals surface area contributed by atoms with Gasteiger partial charge in [0.1, 0.15) is 5.54 Å². The Hall–Kier alpha value is -1.10. The monoisotopic (exact) mass is 231 g/mol. The normalized spacial score (nSPS) is 14.2. The summed E-state index contributed by atoms with van der Waals surface area (Å²) in [5.41, 5.74) is -1.17. The summed E-state index contributed by atoms with van der Waals surface area (Å²) in [4.78, 5) is 22.5. The van der Waals surface area contributed by atoms with Crippen LogP contribution in [0.15, 0.2) is 0 Å². The molecule has 16 heavy (non-hydrogen) atoms. The number of hydrogen-bond acceptors (Lipinski definition) is 3. The Bertz CT molecular complexity index is 242. The third-order valence-corrected chi connectivity index (χ3v) is 2.31. The Morgan fingerprint density at radius 2 is 2.00 bits per heavy atom. The first-order valence-corrected chi connectivity index (χ1v) is 5.58. The minimum absolute atomic E-state index is 0.195. The van der Waals surface area contributed by atoms with Gasteiger partial charge in [-0.25, -0.2) is 4.79 Å². The van der Waals surface area contributed by atoms with Crippen molar-refractivity contribution in [3.05, 3.63) is 0 Å². The number of aliphatic carboxylic acids is 1. The topological polar surface area (TPSA) is 75.6 Å². The van der Waals surface area contributed by atoms with Crippen LogP contribution in [-0.2, 0) is 14.3 Å². The van der Waals surface area contributed by atoms with Gasteiger partial charge in [-0.1, -0.05) is 13.3 Å². The number of hydrogen-bond donors (Lipinski definition) is 2. The van der Waals surface area contributed by atoms with E-state index < -0.39 is 11.5 Å². The van der Waals surface area contributed by atoms with Crippen LogP contribution in [0, 0.1) is 0 Å². The lowest BCUT2D eigenvalue weighted by Gasteiger charge is -2.25. The van der Waals surface area contributed by atoms with E-state index in [1.165, 1.54) is 6.92 Å². The molecule has 0 aromatic heterocycles. The Morgan fingerprint density at radius 1 is 1.38 bits per heavy atom. The maximum atomic E-state index is 11.5. The molecule has 2 N–H and O–H groups in total. The highest BCUT2D eigenvalue weighted by Crippen LogP contribution is 2.12. The Kier molecular flexibility index (Phi) is 6.72. The van der Waals surface area contributed by atoms with Crippen LogP contribution >= 0.6 is 0 Å². The SMILES string of the molecule is CCCC(C)(NC(=O)CCOCC)C(=O)O. The molecule has 0 aromatic carbocycles. The van der Waals surface area contributed by atoms with Crippen molar-refractivity contribution in [3.8, 4) is 0 Å². The summed E-state index contributed by atoms with van der Waals surface area (Å²) in [7, 11) is 0. The van der Waals surface area contributed by atoms with Gasteiger partial charge in [0.05, 0.1) is 6.61 Å². The quantitative estimate of drug-likeness (QED) is 0.615. The van der Waals surface area contributed by atoms with Gasteiger partial charge in [-0.15, -0.1) is 0 Å². The molecule has 0 spiro atoms. The summed E-state index contributed by atoms with van der Waals surface area (Å²) < 4.78 is 5.03. The fraction of sp³-hybridized carbons (Fsp3) is 0.818. The lowest BCUT2D eigenvalue weighted by Crippen LogP contribution is -2.52. The second-order valence-corrected chi connectivity index (χ2v) is 3.88. The first kappa shape index (κ1) is 14.9. The summed E-state index contributed by atoms with van der Waals surface area (Å²) in [6, 6.07) is 0. The third kappa shape index (κ3) is 5.11. The molecule has 1 atom stereocenters. The van der Waals surface area contributed by atoms with Crippen molar-refractivity contribution in [2.75, 3.05) is 13.2 Å². The van der Waals surface area contributed by atoms with E-state index in [0.29, 0.717) is 26.1 Å². The van der Waals surface area contributed by atoms with Crippen LogP contribution in [0.5, 0.6) is 0 Å². The maximum Gasteiger partial charge on any atom is 0.329 e. The van der Waals surface area contributed by atoms with Crippen molar-refractivity contribution in [2.45, 2.75) is 45.6 Å². The molecule has 5 nitrogen and oxygen atoms in total. The predicted octanol–water partition coefficient (Wildman–Crippen LogP) is 1.17. The van der Waals surface area contributed by atoms with Gasteiger partial charge in [0.15, 0.2) is 0 Å². The largest absolute Gasteiger partial charge is 0.480 e. The van der Waals surface area contributed by atoms with E-state index in [9.17, 15) is 9.59 Å². The number of amides is 1. The number of carboxylic acids is 1. The third-order valence-electron chi connectivity index (χ3n) is 2.31. The van der Waals surface area contributed by atoms with Crippen molar-refractivity contribution in [2.24, 2.45) is 0 Å². The standard InChI is InChI=1S/C11H21NO4/c1-4-7-11(3,10(14)15)12-9(13)6-8-16-5-2/h4-8H2,1-3H3,(H,12,13)(H,14,15). The zero-order valence-corrected chi connectivity index (χ0v) is 10.2. The molecular weight excluding hydrogens is 210 g/mol. The molecule has 0 bridgehead atoms. The molecule has 1 unspecified atom stereocenters. The molecule has 0 aromatic rings. The Morgan fingerprint density at radius 3 is 2.44 bits per heavy atom. The summed E-state index contributed by atoms with van der Waals surface area (Å²) in [5, 5.41) is 11.6. The molecular formula is C11H21NO4. The van der Waals surface area contributed by atoms with Crippen LogP contribution in [-0.4, -0.2) is 35.7 Å². The van der Waals surface area contributed by atoms with Crippen LogP contribution in [0.3, 0.4) is 0 Å². The molecule has 5 heteroatoms. The minimum Gasteiger partial charge on any atom is -0.480 e.